The van der Waals surface area contributed by atoms with Crippen LogP contribution in [0, 0.1) is 11.8 Å². The number of rotatable bonds is 7. The van der Waals surface area contributed by atoms with Crippen LogP contribution in [0.25, 0.3) is 22.1 Å². The van der Waals surface area contributed by atoms with E-state index in [4.69, 9.17) is 5.73 Å². The zero-order chi connectivity index (χ0) is 45.5. The number of alkyl halides is 6. The molecule has 2 fully saturated rings. The zero-order valence-corrected chi connectivity index (χ0v) is 34.3. The Morgan fingerprint density at radius 1 is 0.766 bits per heavy atom. The maximum atomic E-state index is 13.3. The molecule has 336 valence electrons. The second-order valence-electron chi connectivity index (χ2n) is 16.0. The quantitative estimate of drug-likeness (QED) is 0.0795. The number of urea groups is 1. The molecule has 0 aromatic carbocycles. The highest BCUT2D eigenvalue weighted by Gasteiger charge is 2.42. The average molecular weight is 893 g/mol. The summed E-state index contributed by atoms with van der Waals surface area (Å²) in [5.41, 5.74) is 8.22. The molecule has 4 aliphatic rings. The number of hydrogen-bond donors (Lipinski definition) is 5. The molecule has 4 bridgehead atoms. The molecular weight excluding hydrogens is 851 g/mol. The molecule has 10 rings (SSSR count). The van der Waals surface area contributed by atoms with Crippen LogP contribution in [0.15, 0.2) is 60.9 Å². The van der Waals surface area contributed by atoms with E-state index in [1.165, 1.54) is 17.0 Å². The predicted octanol–water partition coefficient (Wildman–Crippen LogP) is 7.15. The molecule has 17 nitrogen and oxygen atoms in total. The first-order valence-corrected chi connectivity index (χ1v) is 20.4. The molecule has 2 amide bonds. The van der Waals surface area contributed by atoms with Gasteiger partial charge in [-0.25, -0.2) is 24.7 Å². The van der Waals surface area contributed by atoms with E-state index in [-0.39, 0.29) is 23.2 Å². The minimum Gasteiger partial charge on any atom is -0.384 e. The van der Waals surface area contributed by atoms with Crippen molar-refractivity contribution in [3.05, 3.63) is 72.3 Å². The Balaban J connectivity index is 0.000000152. The fraction of sp³-hybridized carbons (Fsp3) is 0.390. The molecule has 4 aliphatic heterocycles. The summed E-state index contributed by atoms with van der Waals surface area (Å²) in [7, 11) is 0. The summed E-state index contributed by atoms with van der Waals surface area (Å²) in [6.07, 6.45) is -5.12. The van der Waals surface area contributed by atoms with Crippen molar-refractivity contribution in [3.63, 3.8) is 0 Å². The Morgan fingerprint density at radius 2 is 1.34 bits per heavy atom. The van der Waals surface area contributed by atoms with Crippen molar-refractivity contribution >= 4 is 74.3 Å². The second kappa shape index (κ2) is 17.2. The smallest absolute Gasteiger partial charge is 0.384 e. The molecule has 0 unspecified atom stereocenters. The summed E-state index contributed by atoms with van der Waals surface area (Å²) in [5.74, 6) is -2.93. The number of pyridine rings is 4. The van der Waals surface area contributed by atoms with Gasteiger partial charge >= 0.3 is 18.4 Å². The number of carbonyl (C=O) groups is 3. The number of Topliss-reactive ketones (excluding diaryl/α,β-unsaturated/α-hetero) is 2. The number of ketones is 2. The number of H-pyrrole nitrogens is 2. The fourth-order valence-electron chi connectivity index (χ4n) is 7.86. The van der Waals surface area contributed by atoms with Crippen molar-refractivity contribution < 1.29 is 40.7 Å². The van der Waals surface area contributed by atoms with Crippen LogP contribution >= 0.6 is 0 Å². The van der Waals surface area contributed by atoms with Crippen LogP contribution in [0.3, 0.4) is 0 Å². The number of nitrogens with one attached hydrogen (secondary N) is 4. The minimum atomic E-state index is -4.47. The van der Waals surface area contributed by atoms with Crippen molar-refractivity contribution in [2.45, 2.75) is 64.0 Å². The molecule has 23 heteroatoms. The zero-order valence-electron chi connectivity index (χ0n) is 34.3. The topological polar surface area (TPSA) is 220 Å². The number of halogens is 6. The van der Waals surface area contributed by atoms with Crippen molar-refractivity contribution in [1.82, 2.24) is 40.3 Å². The van der Waals surface area contributed by atoms with Crippen molar-refractivity contribution in [3.8, 4) is 0 Å². The predicted molar refractivity (Wildman–Crippen MR) is 225 cm³/mol. The van der Waals surface area contributed by atoms with Gasteiger partial charge in [-0.2, -0.15) is 36.5 Å². The van der Waals surface area contributed by atoms with Crippen LogP contribution in [0.5, 0.6) is 0 Å². The summed E-state index contributed by atoms with van der Waals surface area (Å²) < 4.78 is 76.3. The normalized spacial score (nSPS) is 18.2. The average Bonchev–Trinajstić information content (AvgIpc) is 4.07. The van der Waals surface area contributed by atoms with Crippen LogP contribution in [-0.4, -0.2) is 109 Å². The monoisotopic (exact) mass is 892 g/mol. The number of aromatic amines is 2. The van der Waals surface area contributed by atoms with Crippen molar-refractivity contribution in [1.29, 1.82) is 0 Å². The third kappa shape index (κ3) is 9.04. The van der Waals surface area contributed by atoms with Gasteiger partial charge < -0.3 is 20.9 Å². The SMILES string of the molecule is C[C@@H](CC(=O)c1ccc2c(n1)N(C(=O)Nc1[nH]nc3ncccc13)[C@H]1CCN2C1)C(F)(F)F.C[C@@H](CC(=O)c1ccc2c(n1)N[C@H]1CCN2C1)C(F)(F)F.Nc1[nH]nc2ncccc12. The molecule has 6 aromatic rings. The van der Waals surface area contributed by atoms with Gasteiger partial charge in [0, 0.05) is 57.5 Å². The van der Waals surface area contributed by atoms with E-state index in [1.807, 2.05) is 12.1 Å². The number of nitrogens with two attached hydrogens (primary N) is 1. The van der Waals surface area contributed by atoms with E-state index >= 15 is 0 Å². The summed E-state index contributed by atoms with van der Waals surface area (Å²) >= 11 is 0. The Kier molecular flexibility index (Phi) is 11.7. The lowest BCUT2D eigenvalue weighted by atomic mass is 10.0. The highest BCUT2D eigenvalue weighted by Crippen LogP contribution is 2.40. The maximum Gasteiger partial charge on any atom is 0.391 e. The van der Waals surface area contributed by atoms with E-state index in [9.17, 15) is 40.7 Å². The van der Waals surface area contributed by atoms with Crippen LogP contribution in [0.2, 0.25) is 0 Å². The van der Waals surface area contributed by atoms with E-state index in [0.29, 0.717) is 65.4 Å². The number of carbonyl (C=O) groups excluding carboxylic acids is 3. The van der Waals surface area contributed by atoms with Gasteiger partial charge in [-0.3, -0.25) is 30.0 Å². The number of anilines is 6. The molecule has 0 radical (unpaired) electrons. The largest absolute Gasteiger partial charge is 0.391 e. The first kappa shape index (κ1) is 43.6. The Morgan fingerprint density at radius 3 is 2.00 bits per heavy atom. The Labute approximate surface area is 360 Å². The molecule has 10 heterocycles. The fourth-order valence-corrected chi connectivity index (χ4v) is 7.86. The summed E-state index contributed by atoms with van der Waals surface area (Å²) in [5, 5.41) is 20.9. The first-order valence-electron chi connectivity index (χ1n) is 20.4. The number of hydrogen-bond acceptors (Lipinski definition) is 13. The van der Waals surface area contributed by atoms with Crippen LogP contribution < -0.4 is 31.1 Å². The number of nitrogens with zero attached hydrogens (tertiary/aromatic N) is 9. The molecule has 4 atom stereocenters. The molecule has 0 spiro atoms. The van der Waals surface area contributed by atoms with Gasteiger partial charge in [0.1, 0.15) is 23.0 Å². The first-order chi connectivity index (χ1) is 30.4. The maximum absolute atomic E-state index is 13.3. The number of amides is 2. The third-order valence-corrected chi connectivity index (χ3v) is 11.5. The number of aromatic nitrogens is 8. The van der Waals surface area contributed by atoms with Crippen molar-refractivity contribution in [2.24, 2.45) is 11.8 Å². The van der Waals surface area contributed by atoms with E-state index in [0.717, 1.165) is 44.4 Å². The standard InChI is InChI=1S/C21H20F3N7O2.C14H16F3N3O.C6H6N4/c1-11(21(22,23)24)9-16(32)14-4-5-15-19(26-14)31(12-6-8-30(15)10-12)20(33)27-18-13-3-2-7-25-17(13)28-29-18;1-8(14(15,16)17)6-12(21)10-2-3-11-13(19-10)18-9-4-5-20(11)7-9;7-5-4-2-1-3-8-6(4)10-9-5/h2-5,7,11-12H,6,8-10H2,1H3,(H2,25,27,28,29,33);2-3,8-9H,4-7H2,1H3,(H,18,19);1-3H,(H3,7,8,9,10)/t11-,12-;8-,9-;/m00./s1. The highest BCUT2D eigenvalue weighted by molar-refractivity contribution is 6.08. The number of nitrogen functional groups attached to an aromatic ring is 1. The Bertz CT molecular complexity index is 2700. The third-order valence-electron chi connectivity index (χ3n) is 11.5. The van der Waals surface area contributed by atoms with E-state index in [2.05, 4.69) is 60.8 Å². The second-order valence-corrected chi connectivity index (χ2v) is 16.0. The van der Waals surface area contributed by atoms with Gasteiger partial charge in [-0.1, -0.05) is 13.8 Å². The van der Waals surface area contributed by atoms with Gasteiger partial charge in [0.2, 0.25) is 0 Å². The molecule has 0 aliphatic carbocycles. The van der Waals surface area contributed by atoms with Crippen LogP contribution in [0.4, 0.5) is 65.8 Å². The van der Waals surface area contributed by atoms with Crippen LogP contribution in [-0.2, 0) is 0 Å². The van der Waals surface area contributed by atoms with Gasteiger partial charge in [-0.15, -0.1) is 0 Å². The van der Waals surface area contributed by atoms with Gasteiger partial charge in [0.05, 0.1) is 40.0 Å². The van der Waals surface area contributed by atoms with E-state index in [1.54, 1.807) is 36.7 Å². The minimum absolute atomic E-state index is 0.0960. The highest BCUT2D eigenvalue weighted by atomic mass is 19.4. The molecular formula is C41H42F6N14O3. The molecule has 0 saturated carbocycles. The molecule has 6 N–H and O–H groups in total. The summed E-state index contributed by atoms with van der Waals surface area (Å²) in [4.78, 5) is 60.2. The lowest BCUT2D eigenvalue weighted by molar-refractivity contribution is -0.169. The summed E-state index contributed by atoms with van der Waals surface area (Å²) in [6, 6.07) is 13.2. The van der Waals surface area contributed by atoms with E-state index < -0.39 is 54.6 Å². The molecule has 64 heavy (non-hydrogen) atoms. The number of fused-ring (bicyclic) bond motifs is 10. The lowest BCUT2D eigenvalue weighted by Crippen LogP contribution is -2.48. The Hall–Kier alpha value is -7.07. The van der Waals surface area contributed by atoms with Gasteiger partial charge in [0.15, 0.2) is 34.5 Å². The van der Waals surface area contributed by atoms with Gasteiger partial charge in [0.25, 0.3) is 0 Å². The molecule has 6 aromatic heterocycles. The summed E-state index contributed by atoms with van der Waals surface area (Å²) in [6.45, 7) is 5.13. The lowest BCUT2D eigenvalue weighted by Gasteiger charge is -2.35. The van der Waals surface area contributed by atoms with Gasteiger partial charge in [-0.05, 0) is 61.4 Å². The molecule has 2 saturated heterocycles. The van der Waals surface area contributed by atoms with Crippen LogP contribution in [0.1, 0.15) is 60.5 Å². The van der Waals surface area contributed by atoms with Crippen molar-refractivity contribution in [2.75, 3.05) is 57.2 Å².